The van der Waals surface area contributed by atoms with E-state index in [-0.39, 0.29) is 23.0 Å². The van der Waals surface area contributed by atoms with Crippen molar-refractivity contribution in [2.75, 3.05) is 12.3 Å². The Morgan fingerprint density at radius 1 is 1.14 bits per heavy atom. The molecule has 0 saturated carbocycles. The number of amides is 2. The van der Waals surface area contributed by atoms with Gasteiger partial charge in [-0.25, -0.2) is 4.39 Å². The zero-order valence-corrected chi connectivity index (χ0v) is 17.1. The summed E-state index contributed by atoms with van der Waals surface area (Å²) in [6.07, 6.45) is 0. The third-order valence-corrected chi connectivity index (χ3v) is 6.00. The van der Waals surface area contributed by atoms with Crippen molar-refractivity contribution in [2.45, 2.75) is 32.2 Å². The maximum absolute atomic E-state index is 13.4. The van der Waals surface area contributed by atoms with E-state index in [4.69, 9.17) is 0 Å². The molecule has 6 heteroatoms. The minimum absolute atomic E-state index is 0.147. The number of nitrogens with one attached hydrogen (secondary N) is 1. The van der Waals surface area contributed by atoms with E-state index >= 15 is 0 Å². The number of rotatable bonds is 5. The van der Waals surface area contributed by atoms with Gasteiger partial charge in [-0.15, -0.1) is 11.8 Å². The number of carbonyl (C=O) groups excluding carboxylic acids is 2. The monoisotopic (exact) mass is 400 g/mol. The van der Waals surface area contributed by atoms with Crippen LogP contribution in [0.2, 0.25) is 0 Å². The number of aryl methyl sites for hydroxylation is 1. The Hall–Kier alpha value is -2.34. The van der Waals surface area contributed by atoms with Gasteiger partial charge in [0.15, 0.2) is 0 Å². The van der Waals surface area contributed by atoms with Gasteiger partial charge in [-0.3, -0.25) is 9.59 Å². The van der Waals surface area contributed by atoms with Crippen molar-refractivity contribution >= 4 is 23.6 Å². The van der Waals surface area contributed by atoms with Crippen LogP contribution in [0.15, 0.2) is 48.5 Å². The van der Waals surface area contributed by atoms with Crippen molar-refractivity contribution in [3.63, 3.8) is 0 Å². The molecular weight excluding hydrogens is 375 g/mol. The van der Waals surface area contributed by atoms with Gasteiger partial charge in [0.05, 0.1) is 0 Å². The van der Waals surface area contributed by atoms with E-state index in [2.05, 4.69) is 5.32 Å². The lowest BCUT2D eigenvalue weighted by atomic mass is 10.1. The van der Waals surface area contributed by atoms with Gasteiger partial charge in [-0.2, -0.15) is 0 Å². The SMILES string of the molecule is Cc1ccc(C(=O)N2C(C(=O)NCC(C)C)CSC2c2ccc(F)cc2)cc1. The lowest BCUT2D eigenvalue weighted by molar-refractivity contribution is -0.125. The van der Waals surface area contributed by atoms with Gasteiger partial charge in [-0.05, 0) is 42.7 Å². The topological polar surface area (TPSA) is 49.4 Å². The molecule has 0 spiro atoms. The Bertz CT molecular complexity index is 837. The molecule has 2 amide bonds. The van der Waals surface area contributed by atoms with Crippen LogP contribution < -0.4 is 5.32 Å². The van der Waals surface area contributed by atoms with Crippen molar-refractivity contribution in [3.05, 3.63) is 71.0 Å². The summed E-state index contributed by atoms with van der Waals surface area (Å²) in [7, 11) is 0. The van der Waals surface area contributed by atoms with Gasteiger partial charge >= 0.3 is 0 Å². The highest BCUT2D eigenvalue weighted by molar-refractivity contribution is 7.99. The van der Waals surface area contributed by atoms with Crippen LogP contribution >= 0.6 is 11.8 Å². The Labute approximate surface area is 169 Å². The highest BCUT2D eigenvalue weighted by Crippen LogP contribution is 2.42. The van der Waals surface area contributed by atoms with Crippen molar-refractivity contribution in [1.29, 1.82) is 0 Å². The molecule has 1 N–H and O–H groups in total. The summed E-state index contributed by atoms with van der Waals surface area (Å²) >= 11 is 1.53. The summed E-state index contributed by atoms with van der Waals surface area (Å²) in [5, 5.41) is 2.62. The third-order valence-electron chi connectivity index (χ3n) is 4.68. The summed E-state index contributed by atoms with van der Waals surface area (Å²) in [6.45, 7) is 6.58. The first kappa shape index (κ1) is 20.4. The summed E-state index contributed by atoms with van der Waals surface area (Å²) in [6, 6.07) is 12.9. The maximum Gasteiger partial charge on any atom is 0.255 e. The van der Waals surface area contributed by atoms with Gasteiger partial charge in [0.1, 0.15) is 17.2 Å². The number of benzene rings is 2. The molecule has 0 aliphatic carbocycles. The minimum atomic E-state index is -0.562. The molecule has 1 aliphatic rings. The second-order valence-electron chi connectivity index (χ2n) is 7.47. The fourth-order valence-corrected chi connectivity index (χ4v) is 4.54. The average Bonchev–Trinajstić information content (AvgIpc) is 3.11. The van der Waals surface area contributed by atoms with Crippen LogP contribution in [0.1, 0.15) is 40.7 Å². The van der Waals surface area contributed by atoms with E-state index in [1.165, 1.54) is 23.9 Å². The Morgan fingerprint density at radius 3 is 2.39 bits per heavy atom. The second-order valence-corrected chi connectivity index (χ2v) is 8.58. The first-order chi connectivity index (χ1) is 13.4. The number of nitrogens with zero attached hydrogens (tertiary/aromatic N) is 1. The number of carbonyl (C=O) groups is 2. The summed E-state index contributed by atoms with van der Waals surface area (Å²) < 4.78 is 13.4. The number of hydrogen-bond acceptors (Lipinski definition) is 3. The highest BCUT2D eigenvalue weighted by Gasteiger charge is 2.42. The fraction of sp³-hybridized carbons (Fsp3) is 0.364. The van der Waals surface area contributed by atoms with Crippen LogP contribution in [-0.4, -0.2) is 35.1 Å². The van der Waals surface area contributed by atoms with E-state index in [9.17, 15) is 14.0 Å². The maximum atomic E-state index is 13.4. The van der Waals surface area contributed by atoms with Crippen molar-refractivity contribution in [2.24, 2.45) is 5.92 Å². The molecule has 1 heterocycles. The molecule has 1 fully saturated rings. The van der Waals surface area contributed by atoms with E-state index < -0.39 is 6.04 Å². The molecule has 0 radical (unpaired) electrons. The largest absolute Gasteiger partial charge is 0.354 e. The van der Waals surface area contributed by atoms with Gasteiger partial charge in [0.25, 0.3) is 5.91 Å². The smallest absolute Gasteiger partial charge is 0.255 e. The summed E-state index contributed by atoms with van der Waals surface area (Å²) in [4.78, 5) is 27.8. The molecule has 2 aromatic rings. The van der Waals surface area contributed by atoms with Crippen LogP contribution in [-0.2, 0) is 4.79 Å². The molecule has 2 atom stereocenters. The molecule has 1 saturated heterocycles. The van der Waals surface area contributed by atoms with Crippen molar-refractivity contribution in [3.8, 4) is 0 Å². The first-order valence-electron chi connectivity index (χ1n) is 9.41. The second kappa shape index (κ2) is 8.78. The van der Waals surface area contributed by atoms with E-state index in [0.29, 0.717) is 23.8 Å². The highest BCUT2D eigenvalue weighted by atomic mass is 32.2. The third kappa shape index (κ3) is 4.55. The van der Waals surface area contributed by atoms with E-state index in [1.807, 2.05) is 32.9 Å². The molecule has 0 bridgehead atoms. The van der Waals surface area contributed by atoms with E-state index in [0.717, 1.165) is 11.1 Å². The van der Waals surface area contributed by atoms with Gasteiger partial charge in [-0.1, -0.05) is 43.7 Å². The Kier molecular flexibility index (Phi) is 6.39. The summed E-state index contributed by atoms with van der Waals surface area (Å²) in [5.74, 6) is 0.167. The predicted molar refractivity (Wildman–Crippen MR) is 111 cm³/mol. The number of halogens is 1. The van der Waals surface area contributed by atoms with Gasteiger partial charge in [0.2, 0.25) is 5.91 Å². The van der Waals surface area contributed by atoms with Crippen LogP contribution in [0, 0.1) is 18.7 Å². The zero-order valence-electron chi connectivity index (χ0n) is 16.3. The first-order valence-corrected chi connectivity index (χ1v) is 10.5. The van der Waals surface area contributed by atoms with Crippen molar-refractivity contribution < 1.29 is 14.0 Å². The molecular formula is C22H25FN2O2S. The zero-order chi connectivity index (χ0) is 20.3. The molecule has 0 aromatic heterocycles. The minimum Gasteiger partial charge on any atom is -0.354 e. The molecule has 28 heavy (non-hydrogen) atoms. The molecule has 2 unspecified atom stereocenters. The lowest BCUT2D eigenvalue weighted by Crippen LogP contribution is -2.48. The fourth-order valence-electron chi connectivity index (χ4n) is 3.11. The standard InChI is InChI=1S/C22H25FN2O2S/c1-14(2)12-24-20(26)19-13-28-22(17-8-10-18(23)11-9-17)25(19)21(27)16-6-4-15(3)5-7-16/h4-11,14,19,22H,12-13H2,1-3H3,(H,24,26). The van der Waals surface area contributed by atoms with Gasteiger partial charge < -0.3 is 10.2 Å². The molecule has 1 aliphatic heterocycles. The predicted octanol–water partition coefficient (Wildman–Crippen LogP) is 4.16. The van der Waals surface area contributed by atoms with Crippen LogP contribution in [0.3, 0.4) is 0 Å². The van der Waals surface area contributed by atoms with Crippen LogP contribution in [0.5, 0.6) is 0 Å². The van der Waals surface area contributed by atoms with Crippen molar-refractivity contribution in [1.82, 2.24) is 10.2 Å². The molecule has 4 nitrogen and oxygen atoms in total. The Balaban J connectivity index is 1.91. The average molecular weight is 401 g/mol. The van der Waals surface area contributed by atoms with E-state index in [1.54, 1.807) is 29.2 Å². The number of hydrogen-bond donors (Lipinski definition) is 1. The van der Waals surface area contributed by atoms with Crippen LogP contribution in [0.25, 0.3) is 0 Å². The quantitative estimate of drug-likeness (QED) is 0.820. The number of thioether (sulfide) groups is 1. The summed E-state index contributed by atoms with van der Waals surface area (Å²) in [5.41, 5.74) is 2.42. The molecule has 2 aromatic carbocycles. The Morgan fingerprint density at radius 2 is 1.79 bits per heavy atom. The molecule has 148 valence electrons. The molecule has 3 rings (SSSR count). The van der Waals surface area contributed by atoms with Crippen LogP contribution in [0.4, 0.5) is 4.39 Å². The van der Waals surface area contributed by atoms with Gasteiger partial charge in [0, 0.05) is 17.9 Å². The normalized spacial score (nSPS) is 19.1. The lowest BCUT2D eigenvalue weighted by Gasteiger charge is -2.29.